The number of halogens is 1. The molecule has 0 heterocycles. The van der Waals surface area contributed by atoms with Gasteiger partial charge in [-0.05, 0) is 86.3 Å². The average molecular weight is 286 g/mol. The highest BCUT2D eigenvalue weighted by Crippen LogP contribution is 2.48. The Bertz CT molecular complexity index is 461. The smallest absolute Gasteiger partial charge is 0.123 e. The van der Waals surface area contributed by atoms with Gasteiger partial charge in [0.15, 0.2) is 0 Å². The Morgan fingerprint density at radius 2 is 1.71 bits per heavy atom. The van der Waals surface area contributed by atoms with Crippen molar-refractivity contribution in [1.29, 1.82) is 0 Å². The van der Waals surface area contributed by atoms with Gasteiger partial charge in [-0.2, -0.15) is 0 Å². The molecule has 114 valence electrons. The highest BCUT2D eigenvalue weighted by molar-refractivity contribution is 5.21. The molecule has 0 radical (unpaired) electrons. The van der Waals surface area contributed by atoms with Crippen LogP contribution in [-0.4, -0.2) is 0 Å². The fourth-order valence-corrected chi connectivity index (χ4v) is 4.64. The van der Waals surface area contributed by atoms with Crippen molar-refractivity contribution < 1.29 is 4.39 Å². The monoisotopic (exact) mass is 286 g/mol. The van der Waals surface area contributed by atoms with Crippen LogP contribution in [0.15, 0.2) is 36.9 Å². The second kappa shape index (κ2) is 6.77. The van der Waals surface area contributed by atoms with Gasteiger partial charge >= 0.3 is 0 Å². The van der Waals surface area contributed by atoms with Gasteiger partial charge in [-0.15, -0.1) is 6.58 Å². The van der Waals surface area contributed by atoms with E-state index in [0.717, 1.165) is 17.8 Å². The van der Waals surface area contributed by atoms with Crippen molar-refractivity contribution in [2.45, 2.75) is 57.3 Å². The van der Waals surface area contributed by atoms with Crippen LogP contribution in [0.1, 0.15) is 62.8 Å². The summed E-state index contributed by atoms with van der Waals surface area (Å²) in [7, 11) is 0. The first-order chi connectivity index (χ1) is 10.3. The van der Waals surface area contributed by atoms with Crippen LogP contribution < -0.4 is 0 Å². The first-order valence-corrected chi connectivity index (χ1v) is 8.62. The molecule has 2 saturated carbocycles. The largest absolute Gasteiger partial charge is 0.207 e. The average Bonchev–Trinajstić information content (AvgIpc) is 2.53. The van der Waals surface area contributed by atoms with Crippen LogP contribution in [-0.2, 0) is 0 Å². The molecule has 1 heteroatoms. The fraction of sp³-hybridized carbons (Fsp3) is 0.600. The lowest BCUT2D eigenvalue weighted by Crippen LogP contribution is -2.30. The van der Waals surface area contributed by atoms with Gasteiger partial charge in [0.05, 0.1) is 0 Å². The first kappa shape index (κ1) is 14.8. The molecule has 0 amide bonds. The summed E-state index contributed by atoms with van der Waals surface area (Å²) in [5.41, 5.74) is 1.35. The molecule has 0 saturated heterocycles. The van der Waals surface area contributed by atoms with E-state index in [1.54, 1.807) is 12.1 Å². The van der Waals surface area contributed by atoms with Crippen LogP contribution in [0.4, 0.5) is 4.39 Å². The maximum Gasteiger partial charge on any atom is 0.123 e. The Labute approximate surface area is 128 Å². The predicted octanol–water partition coefficient (Wildman–Crippen LogP) is 6.09. The second-order valence-electron chi connectivity index (χ2n) is 7.13. The third-order valence-electron chi connectivity index (χ3n) is 5.84. The molecule has 0 aliphatic heterocycles. The zero-order valence-corrected chi connectivity index (χ0v) is 12.9. The summed E-state index contributed by atoms with van der Waals surface area (Å²) < 4.78 is 13.1. The summed E-state index contributed by atoms with van der Waals surface area (Å²) in [6, 6.07) is 7.23. The normalized spacial score (nSPS) is 32.4. The van der Waals surface area contributed by atoms with E-state index in [-0.39, 0.29) is 5.82 Å². The lowest BCUT2D eigenvalue weighted by molar-refractivity contribution is 0.115. The van der Waals surface area contributed by atoms with Crippen molar-refractivity contribution in [2.24, 2.45) is 17.8 Å². The zero-order valence-electron chi connectivity index (χ0n) is 12.9. The standard InChI is InChI=1S/C20H27F/c1-2-3-4-15-5-6-19-14-18(8-7-17(19)13-15)16-9-11-20(21)12-10-16/h2,9-12,15,17-19H,1,3-8,13-14H2/t15-,17-,18?,19-/m1/s1. The fourth-order valence-electron chi connectivity index (χ4n) is 4.64. The van der Waals surface area contributed by atoms with E-state index >= 15 is 0 Å². The predicted molar refractivity (Wildman–Crippen MR) is 86.7 cm³/mol. The summed E-state index contributed by atoms with van der Waals surface area (Å²) in [5, 5.41) is 0. The number of fused-ring (bicyclic) bond motifs is 1. The lowest BCUT2D eigenvalue weighted by Gasteiger charge is -2.42. The number of hydrogen-bond acceptors (Lipinski definition) is 0. The van der Waals surface area contributed by atoms with Crippen LogP contribution in [0, 0.1) is 23.6 Å². The van der Waals surface area contributed by atoms with E-state index in [0.29, 0.717) is 5.92 Å². The van der Waals surface area contributed by atoms with Gasteiger partial charge < -0.3 is 0 Å². The zero-order chi connectivity index (χ0) is 14.7. The Morgan fingerprint density at radius 1 is 1.00 bits per heavy atom. The molecule has 3 rings (SSSR count). The Morgan fingerprint density at radius 3 is 2.48 bits per heavy atom. The molecular weight excluding hydrogens is 259 g/mol. The van der Waals surface area contributed by atoms with E-state index in [1.165, 1.54) is 56.9 Å². The molecule has 0 N–H and O–H groups in total. The van der Waals surface area contributed by atoms with E-state index < -0.39 is 0 Å². The molecule has 1 aromatic rings. The summed E-state index contributed by atoms with van der Waals surface area (Å²) in [4.78, 5) is 0. The minimum atomic E-state index is -0.116. The maximum atomic E-state index is 13.1. The topological polar surface area (TPSA) is 0 Å². The highest BCUT2D eigenvalue weighted by Gasteiger charge is 2.35. The van der Waals surface area contributed by atoms with Crippen LogP contribution >= 0.6 is 0 Å². The third-order valence-corrected chi connectivity index (χ3v) is 5.84. The molecule has 2 aliphatic carbocycles. The SMILES string of the molecule is C=CCC[C@@H]1CC[C@@H]2CC(c3ccc(F)cc3)CC[C@@H]2C1. The van der Waals surface area contributed by atoms with E-state index in [9.17, 15) is 4.39 Å². The van der Waals surface area contributed by atoms with Crippen molar-refractivity contribution in [2.75, 3.05) is 0 Å². The highest BCUT2D eigenvalue weighted by atomic mass is 19.1. The number of allylic oxidation sites excluding steroid dienone is 1. The van der Waals surface area contributed by atoms with Crippen LogP contribution in [0.3, 0.4) is 0 Å². The minimum absolute atomic E-state index is 0.116. The van der Waals surface area contributed by atoms with Crippen LogP contribution in [0.2, 0.25) is 0 Å². The molecule has 0 spiro atoms. The number of benzene rings is 1. The third kappa shape index (κ3) is 3.56. The molecule has 21 heavy (non-hydrogen) atoms. The Hall–Kier alpha value is -1.11. The molecule has 0 bridgehead atoms. The van der Waals surface area contributed by atoms with Gasteiger partial charge in [0.2, 0.25) is 0 Å². The van der Waals surface area contributed by atoms with Crippen LogP contribution in [0.25, 0.3) is 0 Å². The minimum Gasteiger partial charge on any atom is -0.207 e. The van der Waals surface area contributed by atoms with Crippen molar-refractivity contribution in [3.8, 4) is 0 Å². The summed E-state index contributed by atoms with van der Waals surface area (Å²) in [6.07, 6.45) is 12.8. The molecular formula is C20H27F. The van der Waals surface area contributed by atoms with Crippen molar-refractivity contribution >= 4 is 0 Å². The van der Waals surface area contributed by atoms with E-state index in [4.69, 9.17) is 0 Å². The van der Waals surface area contributed by atoms with E-state index in [2.05, 4.69) is 12.7 Å². The molecule has 4 atom stereocenters. The molecule has 2 aliphatic rings. The Balaban J connectivity index is 1.57. The van der Waals surface area contributed by atoms with Gasteiger partial charge in [0.1, 0.15) is 5.82 Å². The molecule has 2 fully saturated rings. The second-order valence-corrected chi connectivity index (χ2v) is 7.13. The summed E-state index contributed by atoms with van der Waals surface area (Å²) in [5.74, 6) is 3.34. The van der Waals surface area contributed by atoms with Crippen molar-refractivity contribution in [1.82, 2.24) is 0 Å². The van der Waals surface area contributed by atoms with Gasteiger partial charge in [0, 0.05) is 0 Å². The van der Waals surface area contributed by atoms with Gasteiger partial charge in [-0.1, -0.05) is 24.6 Å². The van der Waals surface area contributed by atoms with Crippen molar-refractivity contribution in [3.05, 3.63) is 48.3 Å². The van der Waals surface area contributed by atoms with Gasteiger partial charge in [0.25, 0.3) is 0 Å². The van der Waals surface area contributed by atoms with Gasteiger partial charge in [-0.3, -0.25) is 0 Å². The van der Waals surface area contributed by atoms with Gasteiger partial charge in [-0.25, -0.2) is 4.39 Å². The number of hydrogen-bond donors (Lipinski definition) is 0. The molecule has 0 nitrogen and oxygen atoms in total. The maximum absolute atomic E-state index is 13.1. The van der Waals surface area contributed by atoms with Crippen molar-refractivity contribution in [3.63, 3.8) is 0 Å². The molecule has 1 unspecified atom stereocenters. The molecule has 1 aromatic carbocycles. The Kier molecular flexibility index (Phi) is 4.77. The number of rotatable bonds is 4. The first-order valence-electron chi connectivity index (χ1n) is 8.62. The summed E-state index contributed by atoms with van der Waals surface area (Å²) in [6.45, 7) is 3.85. The lowest BCUT2D eigenvalue weighted by atomic mass is 9.63. The van der Waals surface area contributed by atoms with E-state index in [1.807, 2.05) is 12.1 Å². The summed E-state index contributed by atoms with van der Waals surface area (Å²) >= 11 is 0. The molecule has 0 aromatic heterocycles. The van der Waals surface area contributed by atoms with Crippen LogP contribution in [0.5, 0.6) is 0 Å². The quantitative estimate of drug-likeness (QED) is 0.587.